The molecule has 0 unspecified atom stereocenters. The quantitative estimate of drug-likeness (QED) is 0.684. The van der Waals surface area contributed by atoms with Gasteiger partial charge in [-0.05, 0) is 0 Å². The van der Waals surface area contributed by atoms with Crippen molar-refractivity contribution >= 4 is 5.95 Å². The number of morpholine rings is 1. The Morgan fingerprint density at radius 3 is 3.07 bits per heavy atom. The van der Waals surface area contributed by atoms with Crippen LogP contribution in [0.5, 0.6) is 0 Å². The summed E-state index contributed by atoms with van der Waals surface area (Å²) in [6.07, 6.45) is 1.50. The average molecular weight is 197 g/mol. The molecule has 0 atom stereocenters. The Balaban J connectivity index is 1.62. The van der Waals surface area contributed by atoms with Crippen LogP contribution in [0.25, 0.3) is 0 Å². The average Bonchev–Trinajstić information content (AvgIpc) is 2.72. The molecule has 0 aliphatic carbocycles. The summed E-state index contributed by atoms with van der Waals surface area (Å²) in [5.41, 5.74) is 0. The van der Waals surface area contributed by atoms with Crippen molar-refractivity contribution in [1.29, 1.82) is 0 Å². The van der Waals surface area contributed by atoms with E-state index in [0.29, 0.717) is 0 Å². The number of nitrogens with one attached hydrogen (secondary N) is 2. The molecule has 0 bridgehead atoms. The van der Waals surface area contributed by atoms with Crippen LogP contribution in [0.3, 0.4) is 0 Å². The Morgan fingerprint density at radius 2 is 2.36 bits per heavy atom. The van der Waals surface area contributed by atoms with Gasteiger partial charge in [0.1, 0.15) is 6.33 Å². The SMILES string of the molecule is c1n[nH]c(NCCN2CCOCC2)n1. The molecule has 0 spiro atoms. The van der Waals surface area contributed by atoms with Crippen molar-refractivity contribution in [3.8, 4) is 0 Å². The molecule has 6 heteroatoms. The molecular formula is C8H15N5O. The van der Waals surface area contributed by atoms with Crippen LogP contribution in [-0.4, -0.2) is 59.5 Å². The molecule has 1 aliphatic heterocycles. The zero-order chi connectivity index (χ0) is 9.64. The molecule has 1 aromatic rings. The molecule has 2 heterocycles. The lowest BCUT2D eigenvalue weighted by atomic mass is 10.4. The number of anilines is 1. The predicted octanol–water partition coefficient (Wildman–Crippen LogP) is -0.451. The van der Waals surface area contributed by atoms with Crippen LogP contribution in [0, 0.1) is 0 Å². The summed E-state index contributed by atoms with van der Waals surface area (Å²) >= 11 is 0. The van der Waals surface area contributed by atoms with Crippen LogP contribution in [-0.2, 0) is 4.74 Å². The minimum Gasteiger partial charge on any atom is -0.379 e. The molecule has 1 aromatic heterocycles. The molecule has 14 heavy (non-hydrogen) atoms. The van der Waals surface area contributed by atoms with E-state index >= 15 is 0 Å². The zero-order valence-corrected chi connectivity index (χ0v) is 8.07. The molecule has 2 rings (SSSR count). The lowest BCUT2D eigenvalue weighted by Crippen LogP contribution is -2.39. The minimum atomic E-state index is 0.734. The van der Waals surface area contributed by atoms with Crippen LogP contribution < -0.4 is 5.32 Å². The van der Waals surface area contributed by atoms with Gasteiger partial charge in [0.2, 0.25) is 5.95 Å². The zero-order valence-electron chi connectivity index (χ0n) is 8.07. The highest BCUT2D eigenvalue weighted by atomic mass is 16.5. The van der Waals surface area contributed by atoms with Crippen molar-refractivity contribution in [2.45, 2.75) is 0 Å². The predicted molar refractivity (Wildman–Crippen MR) is 52.1 cm³/mol. The number of hydrogen-bond donors (Lipinski definition) is 2. The molecule has 0 amide bonds. The van der Waals surface area contributed by atoms with Gasteiger partial charge in [-0.1, -0.05) is 0 Å². The maximum Gasteiger partial charge on any atom is 0.218 e. The molecule has 6 nitrogen and oxygen atoms in total. The van der Waals surface area contributed by atoms with E-state index in [2.05, 4.69) is 25.4 Å². The summed E-state index contributed by atoms with van der Waals surface area (Å²) in [5.74, 6) is 0.734. The summed E-state index contributed by atoms with van der Waals surface area (Å²) in [7, 11) is 0. The van der Waals surface area contributed by atoms with E-state index < -0.39 is 0 Å². The summed E-state index contributed by atoms with van der Waals surface area (Å²) < 4.78 is 5.26. The smallest absolute Gasteiger partial charge is 0.218 e. The van der Waals surface area contributed by atoms with Gasteiger partial charge in [0, 0.05) is 26.2 Å². The second-order valence-corrected chi connectivity index (χ2v) is 3.21. The largest absolute Gasteiger partial charge is 0.379 e. The van der Waals surface area contributed by atoms with Gasteiger partial charge in [-0.25, -0.2) is 10.1 Å². The van der Waals surface area contributed by atoms with Gasteiger partial charge in [0.25, 0.3) is 0 Å². The van der Waals surface area contributed by atoms with Crippen molar-refractivity contribution in [3.05, 3.63) is 6.33 Å². The summed E-state index contributed by atoms with van der Waals surface area (Å²) in [4.78, 5) is 6.35. The lowest BCUT2D eigenvalue weighted by molar-refractivity contribution is 0.0398. The van der Waals surface area contributed by atoms with E-state index in [1.165, 1.54) is 6.33 Å². The maximum absolute atomic E-state index is 5.26. The van der Waals surface area contributed by atoms with E-state index in [0.717, 1.165) is 45.3 Å². The fourth-order valence-corrected chi connectivity index (χ4v) is 1.45. The van der Waals surface area contributed by atoms with Gasteiger partial charge in [-0.2, -0.15) is 5.10 Å². The Kier molecular flexibility index (Phi) is 3.31. The first-order valence-electron chi connectivity index (χ1n) is 4.84. The van der Waals surface area contributed by atoms with E-state index in [1.54, 1.807) is 0 Å². The number of rotatable bonds is 4. The first-order chi connectivity index (χ1) is 6.95. The highest BCUT2D eigenvalue weighted by molar-refractivity contribution is 5.19. The lowest BCUT2D eigenvalue weighted by Gasteiger charge is -2.26. The Bertz CT molecular complexity index is 244. The van der Waals surface area contributed by atoms with Gasteiger partial charge in [-0.3, -0.25) is 4.90 Å². The number of aromatic nitrogens is 3. The fourth-order valence-electron chi connectivity index (χ4n) is 1.45. The summed E-state index contributed by atoms with van der Waals surface area (Å²) in [5, 5.41) is 9.68. The van der Waals surface area contributed by atoms with Crippen LogP contribution in [0.15, 0.2) is 6.33 Å². The normalized spacial score (nSPS) is 18.3. The van der Waals surface area contributed by atoms with E-state index in [-0.39, 0.29) is 0 Å². The third-order valence-corrected chi connectivity index (χ3v) is 2.24. The van der Waals surface area contributed by atoms with Crippen molar-refractivity contribution < 1.29 is 4.74 Å². The van der Waals surface area contributed by atoms with Crippen molar-refractivity contribution in [3.63, 3.8) is 0 Å². The molecule has 78 valence electrons. The summed E-state index contributed by atoms with van der Waals surface area (Å²) in [6, 6.07) is 0. The van der Waals surface area contributed by atoms with Crippen LogP contribution in [0.2, 0.25) is 0 Å². The minimum absolute atomic E-state index is 0.734. The second kappa shape index (κ2) is 4.92. The van der Waals surface area contributed by atoms with Gasteiger partial charge in [-0.15, -0.1) is 0 Å². The molecule has 1 saturated heterocycles. The van der Waals surface area contributed by atoms with Crippen LogP contribution in [0.1, 0.15) is 0 Å². The molecule has 1 aliphatic rings. The van der Waals surface area contributed by atoms with Crippen LogP contribution in [0.4, 0.5) is 5.95 Å². The van der Waals surface area contributed by atoms with Gasteiger partial charge in [0.15, 0.2) is 0 Å². The van der Waals surface area contributed by atoms with E-state index in [1.807, 2.05) is 0 Å². The fraction of sp³-hybridized carbons (Fsp3) is 0.750. The molecular weight excluding hydrogens is 182 g/mol. The summed E-state index contributed by atoms with van der Waals surface area (Å²) in [6.45, 7) is 5.65. The Morgan fingerprint density at radius 1 is 1.50 bits per heavy atom. The molecule has 2 N–H and O–H groups in total. The number of nitrogens with zero attached hydrogens (tertiary/aromatic N) is 3. The van der Waals surface area contributed by atoms with Crippen molar-refractivity contribution in [2.75, 3.05) is 44.7 Å². The van der Waals surface area contributed by atoms with Gasteiger partial charge >= 0.3 is 0 Å². The standard InChI is InChI=1S/C8H15N5O/c1(9-8-10-7-11-12-8)2-13-3-5-14-6-4-13/h7H,1-6H2,(H2,9,10,11,12). The first kappa shape index (κ1) is 9.42. The van der Waals surface area contributed by atoms with Gasteiger partial charge in [0.05, 0.1) is 13.2 Å². The molecule has 0 saturated carbocycles. The number of H-pyrrole nitrogens is 1. The molecule has 1 fully saturated rings. The molecule has 0 aromatic carbocycles. The molecule has 0 radical (unpaired) electrons. The number of ether oxygens (including phenoxy) is 1. The number of hydrogen-bond acceptors (Lipinski definition) is 5. The second-order valence-electron chi connectivity index (χ2n) is 3.21. The number of aromatic amines is 1. The van der Waals surface area contributed by atoms with E-state index in [4.69, 9.17) is 4.74 Å². The highest BCUT2D eigenvalue weighted by Gasteiger charge is 2.09. The third-order valence-electron chi connectivity index (χ3n) is 2.24. The maximum atomic E-state index is 5.26. The van der Waals surface area contributed by atoms with E-state index in [9.17, 15) is 0 Å². The van der Waals surface area contributed by atoms with Crippen molar-refractivity contribution in [1.82, 2.24) is 20.1 Å². The van der Waals surface area contributed by atoms with Crippen molar-refractivity contribution in [2.24, 2.45) is 0 Å². The van der Waals surface area contributed by atoms with Gasteiger partial charge < -0.3 is 10.1 Å². The van der Waals surface area contributed by atoms with Crippen LogP contribution >= 0.6 is 0 Å². The first-order valence-corrected chi connectivity index (χ1v) is 4.84. The monoisotopic (exact) mass is 197 g/mol. The Labute approximate surface area is 82.7 Å². The Hall–Kier alpha value is -1.14. The highest BCUT2D eigenvalue weighted by Crippen LogP contribution is 1.96. The topological polar surface area (TPSA) is 66.1 Å². The third kappa shape index (κ3) is 2.68.